The van der Waals surface area contributed by atoms with Gasteiger partial charge in [0.05, 0.1) is 12.2 Å². The molecule has 1 N–H and O–H groups in total. The molecule has 0 saturated carbocycles. The molecule has 1 aromatic carbocycles. The summed E-state index contributed by atoms with van der Waals surface area (Å²) in [5.74, 6) is 0.0151. The lowest BCUT2D eigenvalue weighted by Gasteiger charge is -2.34. The number of carbonyl (C=O) groups excluding carboxylic acids is 1. The molecule has 0 aliphatic carbocycles. The van der Waals surface area contributed by atoms with Crippen LogP contribution in [0, 0.1) is 13.8 Å². The number of rotatable bonds is 5. The highest BCUT2D eigenvalue weighted by Crippen LogP contribution is 2.14. The van der Waals surface area contributed by atoms with Crippen molar-refractivity contribution in [3.05, 3.63) is 63.0 Å². The second-order valence-electron chi connectivity index (χ2n) is 7.62. The Hall–Kier alpha value is -2.55. The van der Waals surface area contributed by atoms with Crippen molar-refractivity contribution in [2.75, 3.05) is 38.0 Å². The van der Waals surface area contributed by atoms with Gasteiger partial charge in [-0.05, 0) is 37.1 Å². The van der Waals surface area contributed by atoms with Crippen LogP contribution in [0.4, 0.5) is 5.69 Å². The molecular formula is C21H25N5O2S. The quantitative estimate of drug-likeness (QED) is 0.697. The summed E-state index contributed by atoms with van der Waals surface area (Å²) in [6.07, 6.45) is 1.75. The van der Waals surface area contributed by atoms with Gasteiger partial charge in [0.1, 0.15) is 0 Å². The van der Waals surface area contributed by atoms with Crippen molar-refractivity contribution in [2.45, 2.75) is 20.4 Å². The fraction of sp³-hybridized carbons (Fsp3) is 0.381. The van der Waals surface area contributed by atoms with Crippen LogP contribution in [-0.2, 0) is 11.3 Å². The summed E-state index contributed by atoms with van der Waals surface area (Å²) in [6, 6.07) is 7.68. The summed E-state index contributed by atoms with van der Waals surface area (Å²) in [4.78, 5) is 34.3. The molecule has 8 heteroatoms. The number of aryl methyl sites for hydroxylation is 2. The summed E-state index contributed by atoms with van der Waals surface area (Å²) in [5.41, 5.74) is 3.91. The largest absolute Gasteiger partial charge is 0.325 e. The number of anilines is 1. The zero-order valence-corrected chi connectivity index (χ0v) is 17.5. The first-order valence-electron chi connectivity index (χ1n) is 9.75. The number of amides is 1. The molecule has 1 aliphatic rings. The highest BCUT2D eigenvalue weighted by atomic mass is 32.1. The van der Waals surface area contributed by atoms with Gasteiger partial charge in [-0.3, -0.25) is 23.8 Å². The van der Waals surface area contributed by atoms with E-state index >= 15 is 0 Å². The number of nitrogens with one attached hydrogen (secondary N) is 1. The second kappa shape index (κ2) is 8.44. The molecule has 3 heterocycles. The maximum absolute atomic E-state index is 12.4. The van der Waals surface area contributed by atoms with Crippen molar-refractivity contribution in [2.24, 2.45) is 0 Å². The lowest BCUT2D eigenvalue weighted by Crippen LogP contribution is -2.48. The maximum atomic E-state index is 12.4. The van der Waals surface area contributed by atoms with Crippen LogP contribution in [0.15, 0.2) is 40.6 Å². The van der Waals surface area contributed by atoms with E-state index in [1.54, 1.807) is 16.7 Å². The van der Waals surface area contributed by atoms with Crippen molar-refractivity contribution in [3.63, 3.8) is 0 Å². The zero-order valence-electron chi connectivity index (χ0n) is 16.7. The van der Waals surface area contributed by atoms with E-state index in [9.17, 15) is 9.59 Å². The van der Waals surface area contributed by atoms with Gasteiger partial charge in [-0.2, -0.15) is 0 Å². The Labute approximate surface area is 173 Å². The number of hydrogen-bond acceptors (Lipinski definition) is 6. The third-order valence-corrected chi connectivity index (χ3v) is 5.84. The zero-order chi connectivity index (χ0) is 20.4. The average molecular weight is 412 g/mol. The third-order valence-electron chi connectivity index (χ3n) is 5.08. The molecule has 4 rings (SSSR count). The van der Waals surface area contributed by atoms with Gasteiger partial charge in [0.15, 0.2) is 4.96 Å². The van der Waals surface area contributed by atoms with Gasteiger partial charge in [-0.15, -0.1) is 11.3 Å². The van der Waals surface area contributed by atoms with Gasteiger partial charge in [-0.1, -0.05) is 6.07 Å². The van der Waals surface area contributed by atoms with Gasteiger partial charge in [0.2, 0.25) is 5.91 Å². The van der Waals surface area contributed by atoms with E-state index in [1.807, 2.05) is 31.4 Å². The Bertz CT molecular complexity index is 1060. The highest BCUT2D eigenvalue weighted by molar-refractivity contribution is 7.15. The molecule has 0 bridgehead atoms. The average Bonchev–Trinajstić information content (AvgIpc) is 3.11. The molecule has 3 aromatic rings. The second-order valence-corrected chi connectivity index (χ2v) is 8.49. The lowest BCUT2D eigenvalue weighted by atomic mass is 10.1. The standard InChI is InChI=1S/C21H25N5O2S/c1-15-9-16(2)11-17(10-15)22-19(27)14-25-5-3-24(4-6-25)13-18-12-20(28)26-7-8-29-21(26)23-18/h7-12H,3-6,13-14H2,1-2H3,(H,22,27). The van der Waals surface area contributed by atoms with Gasteiger partial charge < -0.3 is 5.32 Å². The molecule has 1 aliphatic heterocycles. The molecule has 7 nitrogen and oxygen atoms in total. The summed E-state index contributed by atoms with van der Waals surface area (Å²) < 4.78 is 1.57. The molecular weight excluding hydrogens is 386 g/mol. The Kier molecular flexibility index (Phi) is 5.75. The first-order valence-corrected chi connectivity index (χ1v) is 10.6. The SMILES string of the molecule is Cc1cc(C)cc(NC(=O)CN2CCN(Cc3cc(=O)n4ccsc4n3)CC2)c1. The number of carbonyl (C=O) groups is 1. The first-order chi connectivity index (χ1) is 14.0. The van der Waals surface area contributed by atoms with Gasteiger partial charge in [-0.25, -0.2) is 4.98 Å². The minimum absolute atomic E-state index is 0.0151. The van der Waals surface area contributed by atoms with Gasteiger partial charge in [0.25, 0.3) is 5.56 Å². The summed E-state index contributed by atoms with van der Waals surface area (Å²) in [6.45, 7) is 8.45. The van der Waals surface area contributed by atoms with E-state index in [2.05, 4.69) is 26.2 Å². The molecule has 0 atom stereocenters. The Morgan fingerprint density at radius 3 is 2.48 bits per heavy atom. The minimum Gasteiger partial charge on any atom is -0.325 e. The molecule has 1 fully saturated rings. The monoisotopic (exact) mass is 411 g/mol. The van der Waals surface area contributed by atoms with E-state index in [0.717, 1.165) is 53.6 Å². The van der Waals surface area contributed by atoms with Gasteiger partial charge >= 0.3 is 0 Å². The molecule has 29 heavy (non-hydrogen) atoms. The lowest BCUT2D eigenvalue weighted by molar-refractivity contribution is -0.117. The molecule has 0 radical (unpaired) electrons. The third kappa shape index (κ3) is 4.90. The van der Waals surface area contributed by atoms with E-state index in [0.29, 0.717) is 13.1 Å². The predicted octanol–water partition coefficient (Wildman–Crippen LogP) is 2.13. The van der Waals surface area contributed by atoms with Crippen molar-refractivity contribution in [3.8, 4) is 0 Å². The normalized spacial score (nSPS) is 15.7. The number of fused-ring (bicyclic) bond motifs is 1. The van der Waals surface area contributed by atoms with Crippen LogP contribution in [0.1, 0.15) is 16.8 Å². The predicted molar refractivity (Wildman–Crippen MR) is 116 cm³/mol. The Morgan fingerprint density at radius 1 is 1.07 bits per heavy atom. The van der Waals surface area contributed by atoms with Crippen LogP contribution in [0.3, 0.4) is 0 Å². The molecule has 2 aromatic heterocycles. The van der Waals surface area contributed by atoms with Crippen LogP contribution in [-0.4, -0.2) is 57.8 Å². The fourth-order valence-corrected chi connectivity index (χ4v) is 4.49. The van der Waals surface area contributed by atoms with Crippen molar-refractivity contribution in [1.82, 2.24) is 19.2 Å². The Balaban J connectivity index is 1.28. The minimum atomic E-state index is -0.0343. The molecule has 1 saturated heterocycles. The van der Waals surface area contributed by atoms with Crippen LogP contribution in [0.2, 0.25) is 0 Å². The van der Waals surface area contributed by atoms with E-state index in [4.69, 9.17) is 0 Å². The highest BCUT2D eigenvalue weighted by Gasteiger charge is 2.20. The maximum Gasteiger partial charge on any atom is 0.258 e. The van der Waals surface area contributed by atoms with Crippen LogP contribution in [0.5, 0.6) is 0 Å². The number of nitrogens with zero attached hydrogens (tertiary/aromatic N) is 4. The summed E-state index contributed by atoms with van der Waals surface area (Å²) >= 11 is 1.47. The van der Waals surface area contributed by atoms with E-state index < -0.39 is 0 Å². The van der Waals surface area contributed by atoms with Crippen molar-refractivity contribution >= 4 is 27.9 Å². The summed E-state index contributed by atoms with van der Waals surface area (Å²) in [7, 11) is 0. The number of piperazine rings is 1. The van der Waals surface area contributed by atoms with Crippen LogP contribution >= 0.6 is 11.3 Å². The van der Waals surface area contributed by atoms with E-state index in [1.165, 1.54) is 11.3 Å². The number of hydrogen-bond donors (Lipinski definition) is 1. The molecule has 0 spiro atoms. The van der Waals surface area contributed by atoms with Crippen molar-refractivity contribution < 1.29 is 4.79 Å². The van der Waals surface area contributed by atoms with Crippen LogP contribution in [0.25, 0.3) is 4.96 Å². The van der Waals surface area contributed by atoms with Crippen molar-refractivity contribution in [1.29, 1.82) is 0 Å². The van der Waals surface area contributed by atoms with Gasteiger partial charge in [0, 0.05) is 56.1 Å². The number of benzene rings is 1. The first kappa shape index (κ1) is 19.8. The molecule has 152 valence electrons. The fourth-order valence-electron chi connectivity index (χ4n) is 3.75. The van der Waals surface area contributed by atoms with Crippen LogP contribution < -0.4 is 10.9 Å². The molecule has 0 unspecified atom stereocenters. The summed E-state index contributed by atoms with van der Waals surface area (Å²) in [5, 5.41) is 4.87. The topological polar surface area (TPSA) is 70.0 Å². The van der Waals surface area contributed by atoms with E-state index in [-0.39, 0.29) is 11.5 Å². The number of thiazole rings is 1. The number of aromatic nitrogens is 2. The smallest absolute Gasteiger partial charge is 0.258 e. The Morgan fingerprint density at radius 2 is 1.76 bits per heavy atom. The molecule has 1 amide bonds.